The van der Waals surface area contributed by atoms with Gasteiger partial charge in [0.1, 0.15) is 13.2 Å². The summed E-state index contributed by atoms with van der Waals surface area (Å²) in [5, 5.41) is 13.9. The summed E-state index contributed by atoms with van der Waals surface area (Å²) in [6.45, 7) is 4.56. The predicted molar refractivity (Wildman–Crippen MR) is 357 cm³/mol. The minimum absolute atomic E-state index is 0.00578. The molecule has 0 saturated carbocycles. The van der Waals surface area contributed by atoms with Gasteiger partial charge in [0.15, 0.2) is 0 Å². The number of hydrogen-bond acceptors (Lipinski definition) is 6. The van der Waals surface area contributed by atoms with Gasteiger partial charge in [-0.1, -0.05) is 331 Å². The fourth-order valence-electron chi connectivity index (χ4n) is 10.5. The SMILES string of the molecule is CC/C=C\C/C=C\C/C=C\C/C=C\CCCCCCCCCCCCCCCCCCCCCCCCCCCCC(=O)NC(COP(=O)([O-])OCC[N+](C)(C)C)C(O)/C=C/CC/C=C/CCCCCCCCCCCCCCCCC. The van der Waals surface area contributed by atoms with Crippen LogP contribution in [0.5, 0.6) is 0 Å². The summed E-state index contributed by atoms with van der Waals surface area (Å²) in [6, 6.07) is -0.905. The molecule has 0 aromatic rings. The Balaban J connectivity index is 3.97. The summed E-state index contributed by atoms with van der Waals surface area (Å²) in [6.07, 6.45) is 89.0. The molecule has 0 rings (SSSR count). The van der Waals surface area contributed by atoms with Gasteiger partial charge in [0.05, 0.1) is 39.9 Å². The molecule has 3 unspecified atom stereocenters. The molecule has 0 aromatic heterocycles. The summed E-state index contributed by atoms with van der Waals surface area (Å²) in [5.74, 6) is -0.201. The Morgan fingerprint density at radius 2 is 0.756 bits per heavy atom. The molecule has 2 N–H and O–H groups in total. The van der Waals surface area contributed by atoms with E-state index in [4.69, 9.17) is 9.05 Å². The lowest BCUT2D eigenvalue weighted by atomic mass is 10.0. The number of likely N-dealkylation sites (N-methyl/N-ethyl adjacent to an activating group) is 1. The Morgan fingerprint density at radius 1 is 0.439 bits per heavy atom. The standard InChI is InChI=1S/C73H137N2O6P/c1-6-8-10-12-14-16-18-20-22-24-26-28-29-30-31-32-33-34-35-36-37-38-39-40-41-42-43-44-45-47-49-51-53-55-57-59-61-63-65-67-73(77)74-71(70-81-82(78,79)80-69-68-75(3,4)5)72(76)66-64-62-60-58-56-54-52-50-48-46-27-25-23-21-19-17-15-13-11-9-7-2/h8,10,14,16,20,22,26,28,56,58,64,66,71-72,76H,6-7,9,11-13,15,17-19,21,23-25,27,29-55,57,59-63,65,67-70H2,1-5H3,(H-,74,77,78,79)/b10-8-,16-14-,22-20-,28-26-,58-56+,66-64+. The molecular formula is C73H137N2O6P. The highest BCUT2D eigenvalue weighted by Crippen LogP contribution is 2.38. The smallest absolute Gasteiger partial charge is 0.268 e. The maximum atomic E-state index is 13.0. The minimum Gasteiger partial charge on any atom is -0.756 e. The van der Waals surface area contributed by atoms with Gasteiger partial charge in [0.2, 0.25) is 5.91 Å². The lowest BCUT2D eigenvalue weighted by Crippen LogP contribution is -2.45. The number of carbonyl (C=O) groups excluding carboxylic acids is 1. The van der Waals surface area contributed by atoms with E-state index in [1.54, 1.807) is 6.08 Å². The highest BCUT2D eigenvalue weighted by atomic mass is 31.2. The van der Waals surface area contributed by atoms with E-state index in [0.29, 0.717) is 17.4 Å². The van der Waals surface area contributed by atoms with Crippen molar-refractivity contribution in [1.29, 1.82) is 0 Å². The molecule has 9 heteroatoms. The third-order valence-electron chi connectivity index (χ3n) is 15.9. The lowest BCUT2D eigenvalue weighted by Gasteiger charge is -2.29. The Hall–Kier alpha value is -2.06. The predicted octanol–water partition coefficient (Wildman–Crippen LogP) is 21.9. The van der Waals surface area contributed by atoms with E-state index in [2.05, 4.69) is 79.9 Å². The molecule has 0 fully saturated rings. The van der Waals surface area contributed by atoms with Gasteiger partial charge in [0.25, 0.3) is 7.82 Å². The van der Waals surface area contributed by atoms with Crippen LogP contribution in [0.2, 0.25) is 0 Å². The average molecular weight is 1170 g/mol. The number of phosphoric ester groups is 1. The van der Waals surface area contributed by atoms with Gasteiger partial charge in [-0.15, -0.1) is 0 Å². The van der Waals surface area contributed by atoms with Gasteiger partial charge in [-0.25, -0.2) is 0 Å². The van der Waals surface area contributed by atoms with Gasteiger partial charge in [-0.3, -0.25) is 9.36 Å². The van der Waals surface area contributed by atoms with Crippen LogP contribution >= 0.6 is 7.82 Å². The van der Waals surface area contributed by atoms with Crippen molar-refractivity contribution in [2.24, 2.45) is 0 Å². The van der Waals surface area contributed by atoms with Crippen molar-refractivity contribution in [3.63, 3.8) is 0 Å². The van der Waals surface area contributed by atoms with Gasteiger partial charge in [0, 0.05) is 6.42 Å². The fraction of sp³-hybridized carbons (Fsp3) is 0.822. The van der Waals surface area contributed by atoms with Crippen LogP contribution in [-0.2, 0) is 18.4 Å². The van der Waals surface area contributed by atoms with Gasteiger partial charge in [-0.05, 0) is 70.6 Å². The first-order valence-electron chi connectivity index (χ1n) is 35.3. The lowest BCUT2D eigenvalue weighted by molar-refractivity contribution is -0.870. The third-order valence-corrected chi connectivity index (χ3v) is 16.9. The first kappa shape index (κ1) is 79.9. The number of unbranched alkanes of at least 4 members (excludes halogenated alkanes) is 42. The Kier molecular flexibility index (Phi) is 61.8. The van der Waals surface area contributed by atoms with E-state index < -0.39 is 26.6 Å². The van der Waals surface area contributed by atoms with Crippen LogP contribution < -0.4 is 10.2 Å². The zero-order valence-electron chi connectivity index (χ0n) is 54.9. The zero-order chi connectivity index (χ0) is 59.8. The van der Waals surface area contributed by atoms with E-state index in [9.17, 15) is 19.4 Å². The van der Waals surface area contributed by atoms with Crippen LogP contribution in [0, 0.1) is 0 Å². The molecule has 0 heterocycles. The largest absolute Gasteiger partial charge is 0.756 e. The molecule has 1 amide bonds. The number of rotatable bonds is 65. The monoisotopic (exact) mass is 1170 g/mol. The fourth-order valence-corrected chi connectivity index (χ4v) is 11.2. The second-order valence-corrected chi connectivity index (χ2v) is 26.6. The summed E-state index contributed by atoms with van der Waals surface area (Å²) < 4.78 is 23.4. The minimum atomic E-state index is -4.61. The molecule has 3 atom stereocenters. The average Bonchev–Trinajstić information content (AvgIpc) is 3.46. The van der Waals surface area contributed by atoms with Crippen molar-refractivity contribution in [1.82, 2.24) is 5.32 Å². The van der Waals surface area contributed by atoms with Crippen molar-refractivity contribution >= 4 is 13.7 Å². The van der Waals surface area contributed by atoms with Crippen LogP contribution in [0.4, 0.5) is 0 Å². The zero-order valence-corrected chi connectivity index (χ0v) is 55.8. The van der Waals surface area contributed by atoms with E-state index in [-0.39, 0.29) is 12.5 Å². The Labute approximate surface area is 510 Å². The maximum absolute atomic E-state index is 13.0. The number of carbonyl (C=O) groups is 1. The van der Waals surface area contributed by atoms with Crippen LogP contribution in [-0.4, -0.2) is 68.5 Å². The summed E-state index contributed by atoms with van der Waals surface area (Å²) >= 11 is 0. The van der Waals surface area contributed by atoms with Crippen molar-refractivity contribution < 1.29 is 32.9 Å². The van der Waals surface area contributed by atoms with E-state index in [0.717, 1.165) is 64.2 Å². The van der Waals surface area contributed by atoms with Crippen LogP contribution in [0.15, 0.2) is 72.9 Å². The summed E-state index contributed by atoms with van der Waals surface area (Å²) in [7, 11) is 1.25. The molecule has 8 nitrogen and oxygen atoms in total. The van der Waals surface area contributed by atoms with Crippen molar-refractivity contribution in [2.45, 2.75) is 347 Å². The van der Waals surface area contributed by atoms with Crippen molar-refractivity contribution in [3.8, 4) is 0 Å². The Morgan fingerprint density at radius 3 is 1.13 bits per heavy atom. The molecule has 0 radical (unpaired) electrons. The maximum Gasteiger partial charge on any atom is 0.268 e. The molecule has 82 heavy (non-hydrogen) atoms. The number of phosphoric acid groups is 1. The third kappa shape index (κ3) is 65.5. The number of nitrogens with one attached hydrogen (secondary N) is 1. The summed E-state index contributed by atoms with van der Waals surface area (Å²) in [4.78, 5) is 25.6. The number of aliphatic hydroxyl groups is 1. The highest BCUT2D eigenvalue weighted by Gasteiger charge is 2.23. The van der Waals surface area contributed by atoms with Crippen LogP contribution in [0.3, 0.4) is 0 Å². The molecule has 0 aromatic carbocycles. The number of nitrogens with zero attached hydrogens (tertiary/aromatic N) is 1. The number of aliphatic hydroxyl groups excluding tert-OH is 1. The summed E-state index contributed by atoms with van der Waals surface area (Å²) in [5.41, 5.74) is 0. The molecular weight excluding hydrogens is 1030 g/mol. The molecule has 0 bridgehead atoms. The highest BCUT2D eigenvalue weighted by molar-refractivity contribution is 7.45. The quantitative estimate of drug-likeness (QED) is 0.0272. The second-order valence-electron chi connectivity index (χ2n) is 25.2. The second kappa shape index (κ2) is 63.4. The molecule has 0 aliphatic carbocycles. The van der Waals surface area contributed by atoms with Crippen molar-refractivity contribution in [3.05, 3.63) is 72.9 Å². The van der Waals surface area contributed by atoms with E-state index in [1.165, 1.54) is 250 Å². The van der Waals surface area contributed by atoms with Gasteiger partial charge >= 0.3 is 0 Å². The number of quaternary nitrogens is 1. The van der Waals surface area contributed by atoms with Crippen molar-refractivity contribution in [2.75, 3.05) is 40.9 Å². The Bertz CT molecular complexity index is 1570. The molecule has 0 saturated heterocycles. The topological polar surface area (TPSA) is 108 Å². The molecule has 0 aliphatic heterocycles. The van der Waals surface area contributed by atoms with E-state index in [1.807, 2.05) is 27.2 Å². The molecule has 480 valence electrons. The van der Waals surface area contributed by atoms with Gasteiger partial charge in [-0.2, -0.15) is 0 Å². The number of amides is 1. The first-order valence-corrected chi connectivity index (χ1v) is 36.8. The molecule has 0 spiro atoms. The van der Waals surface area contributed by atoms with Crippen LogP contribution in [0.1, 0.15) is 335 Å². The van der Waals surface area contributed by atoms with E-state index >= 15 is 0 Å². The molecule has 0 aliphatic rings. The normalized spacial score (nSPS) is 14.1. The van der Waals surface area contributed by atoms with Gasteiger partial charge < -0.3 is 28.8 Å². The number of allylic oxidation sites excluding steroid dienone is 11. The number of hydrogen-bond donors (Lipinski definition) is 2. The first-order chi connectivity index (χ1) is 40.0. The van der Waals surface area contributed by atoms with Crippen LogP contribution in [0.25, 0.3) is 0 Å².